The summed E-state index contributed by atoms with van der Waals surface area (Å²) in [6, 6.07) is 0.0576. The van der Waals surface area contributed by atoms with Crippen LogP contribution in [0.3, 0.4) is 0 Å². The van der Waals surface area contributed by atoms with Gasteiger partial charge in [-0.05, 0) is 29.8 Å². The van der Waals surface area contributed by atoms with E-state index in [0.717, 1.165) is 0 Å². The van der Waals surface area contributed by atoms with E-state index < -0.39 is 0 Å². The van der Waals surface area contributed by atoms with Crippen LogP contribution in [0.1, 0.15) is 19.9 Å². The van der Waals surface area contributed by atoms with Crippen molar-refractivity contribution < 1.29 is 0 Å². The van der Waals surface area contributed by atoms with Crippen LogP contribution in [-0.2, 0) is 0 Å². The van der Waals surface area contributed by atoms with Crippen molar-refractivity contribution in [2.24, 2.45) is 0 Å². The minimum Gasteiger partial charge on any atom is -0.317 e. The number of anilines is 1. The molecule has 0 spiro atoms. The van der Waals surface area contributed by atoms with Crippen LogP contribution in [0.5, 0.6) is 0 Å². The minimum absolute atomic E-state index is 0.0576. The van der Waals surface area contributed by atoms with Crippen molar-refractivity contribution in [3.8, 4) is 0 Å². The number of halogens is 1. The minimum atomic E-state index is -0.128. The molecule has 1 aromatic rings. The predicted octanol–water partition coefficient (Wildman–Crippen LogP) is 1.48. The molecule has 0 saturated carbocycles. The zero-order valence-corrected chi connectivity index (χ0v) is 10.9. The molecule has 0 bridgehead atoms. The summed E-state index contributed by atoms with van der Waals surface area (Å²) in [6.07, 6.45) is 1.63. The molecule has 1 heterocycles. The normalized spacial score (nSPS) is 11.1. The Balaban J connectivity index is 3.16. The molecule has 0 radical (unpaired) electrons. The zero-order valence-electron chi connectivity index (χ0n) is 9.28. The first-order valence-electron chi connectivity index (χ1n) is 4.64. The summed E-state index contributed by atoms with van der Waals surface area (Å²) in [5, 5.41) is 5.83. The third kappa shape index (κ3) is 2.79. The molecule has 0 aliphatic carbocycles. The monoisotopic (exact) mass is 274 g/mol. The maximum absolute atomic E-state index is 11.8. The first kappa shape index (κ1) is 12.2. The van der Waals surface area contributed by atoms with Crippen molar-refractivity contribution >= 4 is 21.6 Å². The molecule has 0 saturated heterocycles. The van der Waals surface area contributed by atoms with Gasteiger partial charge in [-0.3, -0.25) is 4.79 Å². The smallest absolute Gasteiger partial charge is 0.283 e. The number of aromatic nitrogens is 2. The quantitative estimate of drug-likeness (QED) is 0.849. The van der Waals surface area contributed by atoms with Crippen LogP contribution in [0.4, 0.5) is 5.69 Å². The first-order chi connectivity index (χ1) is 6.93. The van der Waals surface area contributed by atoms with Crippen LogP contribution in [0.25, 0.3) is 0 Å². The Morgan fingerprint density at radius 2 is 2.13 bits per heavy atom. The molecule has 1 N–H and O–H groups in total. The van der Waals surface area contributed by atoms with E-state index in [4.69, 9.17) is 0 Å². The molecule has 15 heavy (non-hydrogen) atoms. The SMILES string of the molecule is CC(C)n1ncc(NN(C)C)c(Br)c1=O. The van der Waals surface area contributed by atoms with Gasteiger partial charge in [0, 0.05) is 14.1 Å². The molecular formula is C9H15BrN4O. The van der Waals surface area contributed by atoms with Crippen molar-refractivity contribution in [1.29, 1.82) is 0 Å². The third-order valence-electron chi connectivity index (χ3n) is 1.78. The Labute approximate surface area is 97.2 Å². The van der Waals surface area contributed by atoms with E-state index in [1.807, 2.05) is 27.9 Å². The Morgan fingerprint density at radius 1 is 1.53 bits per heavy atom. The van der Waals surface area contributed by atoms with Gasteiger partial charge >= 0.3 is 0 Å². The lowest BCUT2D eigenvalue weighted by Crippen LogP contribution is -2.28. The van der Waals surface area contributed by atoms with Crippen LogP contribution < -0.4 is 11.0 Å². The molecule has 1 rings (SSSR count). The lowest BCUT2D eigenvalue weighted by Gasteiger charge is -2.16. The van der Waals surface area contributed by atoms with E-state index >= 15 is 0 Å². The highest BCUT2D eigenvalue weighted by Crippen LogP contribution is 2.16. The van der Waals surface area contributed by atoms with Gasteiger partial charge in [-0.15, -0.1) is 0 Å². The fraction of sp³-hybridized carbons (Fsp3) is 0.556. The van der Waals surface area contributed by atoms with Gasteiger partial charge in [-0.1, -0.05) is 0 Å². The molecule has 6 heteroatoms. The van der Waals surface area contributed by atoms with E-state index in [1.54, 1.807) is 11.2 Å². The second-order valence-electron chi connectivity index (χ2n) is 3.72. The van der Waals surface area contributed by atoms with Gasteiger partial charge in [0.05, 0.1) is 17.9 Å². The lowest BCUT2D eigenvalue weighted by molar-refractivity contribution is 0.482. The van der Waals surface area contributed by atoms with Gasteiger partial charge in [0.25, 0.3) is 5.56 Å². The highest BCUT2D eigenvalue weighted by molar-refractivity contribution is 9.10. The molecular weight excluding hydrogens is 260 g/mol. The summed E-state index contributed by atoms with van der Waals surface area (Å²) >= 11 is 3.27. The van der Waals surface area contributed by atoms with Crippen molar-refractivity contribution in [3.63, 3.8) is 0 Å². The average molecular weight is 275 g/mol. The van der Waals surface area contributed by atoms with E-state index in [9.17, 15) is 4.79 Å². The summed E-state index contributed by atoms with van der Waals surface area (Å²) in [5.74, 6) is 0. The number of nitrogens with one attached hydrogen (secondary N) is 1. The average Bonchev–Trinajstić information content (AvgIpc) is 2.12. The molecule has 0 aliphatic heterocycles. The van der Waals surface area contributed by atoms with Gasteiger partial charge in [-0.2, -0.15) is 5.10 Å². The van der Waals surface area contributed by atoms with Gasteiger partial charge < -0.3 is 5.43 Å². The predicted molar refractivity (Wildman–Crippen MR) is 63.9 cm³/mol. The van der Waals surface area contributed by atoms with Gasteiger partial charge in [-0.25, -0.2) is 9.69 Å². The number of hydrazine groups is 1. The molecule has 0 fully saturated rings. The highest BCUT2D eigenvalue weighted by atomic mass is 79.9. The lowest BCUT2D eigenvalue weighted by atomic mass is 10.4. The van der Waals surface area contributed by atoms with Crippen LogP contribution in [0, 0.1) is 0 Å². The van der Waals surface area contributed by atoms with E-state index in [-0.39, 0.29) is 11.6 Å². The first-order valence-corrected chi connectivity index (χ1v) is 5.44. The Morgan fingerprint density at radius 3 is 2.60 bits per heavy atom. The molecule has 0 amide bonds. The molecule has 5 nitrogen and oxygen atoms in total. The maximum Gasteiger partial charge on any atom is 0.283 e. The second kappa shape index (κ2) is 4.76. The summed E-state index contributed by atoms with van der Waals surface area (Å²) in [4.78, 5) is 11.8. The second-order valence-corrected chi connectivity index (χ2v) is 4.51. The molecule has 0 unspecified atom stereocenters. The Hall–Kier alpha value is -0.880. The summed E-state index contributed by atoms with van der Waals surface area (Å²) in [7, 11) is 3.70. The third-order valence-corrected chi connectivity index (χ3v) is 2.54. The van der Waals surface area contributed by atoms with Crippen molar-refractivity contribution in [1.82, 2.24) is 14.8 Å². The van der Waals surface area contributed by atoms with Crippen LogP contribution >= 0.6 is 15.9 Å². The van der Waals surface area contributed by atoms with Crippen LogP contribution in [0.2, 0.25) is 0 Å². The number of hydrogen-bond acceptors (Lipinski definition) is 4. The van der Waals surface area contributed by atoms with Crippen molar-refractivity contribution in [3.05, 3.63) is 21.0 Å². The fourth-order valence-corrected chi connectivity index (χ4v) is 1.50. The Bertz CT molecular complexity index is 400. The maximum atomic E-state index is 11.8. The number of nitrogens with zero attached hydrogens (tertiary/aromatic N) is 3. The molecule has 0 aromatic carbocycles. The summed E-state index contributed by atoms with van der Waals surface area (Å²) in [6.45, 7) is 3.83. The fourth-order valence-electron chi connectivity index (χ4n) is 1.13. The number of rotatable bonds is 3. The van der Waals surface area contributed by atoms with Crippen molar-refractivity contribution in [2.45, 2.75) is 19.9 Å². The number of hydrogen-bond donors (Lipinski definition) is 1. The summed E-state index contributed by atoms with van der Waals surface area (Å²) < 4.78 is 1.94. The van der Waals surface area contributed by atoms with Crippen LogP contribution in [0.15, 0.2) is 15.5 Å². The van der Waals surface area contributed by atoms with Gasteiger partial charge in [0.2, 0.25) is 0 Å². The topological polar surface area (TPSA) is 50.2 Å². The van der Waals surface area contributed by atoms with Gasteiger partial charge in [0.1, 0.15) is 4.47 Å². The van der Waals surface area contributed by atoms with E-state index in [0.29, 0.717) is 10.2 Å². The largest absolute Gasteiger partial charge is 0.317 e. The molecule has 1 aromatic heterocycles. The van der Waals surface area contributed by atoms with E-state index in [2.05, 4.69) is 26.5 Å². The molecule has 0 atom stereocenters. The molecule has 84 valence electrons. The standard InChI is InChI=1S/C9H15BrN4O/c1-6(2)14-9(15)8(10)7(5-11-14)12-13(3)4/h5-6,12H,1-4H3. The van der Waals surface area contributed by atoms with E-state index in [1.165, 1.54) is 4.68 Å². The molecule has 0 aliphatic rings. The van der Waals surface area contributed by atoms with Crippen molar-refractivity contribution in [2.75, 3.05) is 19.5 Å². The highest BCUT2D eigenvalue weighted by Gasteiger charge is 2.10. The van der Waals surface area contributed by atoms with Gasteiger partial charge in [0.15, 0.2) is 0 Å². The zero-order chi connectivity index (χ0) is 11.6. The summed E-state index contributed by atoms with van der Waals surface area (Å²) in [5.41, 5.74) is 3.53. The van der Waals surface area contributed by atoms with Crippen LogP contribution in [-0.4, -0.2) is 28.9 Å². The Kier molecular flexibility index (Phi) is 3.87.